The third-order valence-corrected chi connectivity index (χ3v) is 4.69. The number of aryl methyl sites for hydroxylation is 1. The van der Waals surface area contributed by atoms with E-state index in [-0.39, 0.29) is 16.9 Å². The van der Waals surface area contributed by atoms with Crippen molar-refractivity contribution in [3.8, 4) is 5.75 Å². The van der Waals surface area contributed by atoms with Gasteiger partial charge in [-0.15, -0.1) is 0 Å². The fraction of sp³-hybridized carbons (Fsp3) is 0.160. The topological polar surface area (TPSA) is 81.7 Å². The van der Waals surface area contributed by atoms with Crippen LogP contribution in [0.5, 0.6) is 5.75 Å². The van der Waals surface area contributed by atoms with Gasteiger partial charge in [0.1, 0.15) is 5.75 Å². The van der Waals surface area contributed by atoms with E-state index in [1.54, 1.807) is 60.7 Å². The first kappa shape index (κ1) is 21.8. The highest BCUT2D eigenvalue weighted by Crippen LogP contribution is 2.25. The van der Waals surface area contributed by atoms with Crippen molar-refractivity contribution in [3.05, 3.63) is 95.1 Å². The van der Waals surface area contributed by atoms with Crippen molar-refractivity contribution >= 4 is 23.3 Å². The molecule has 0 aliphatic heterocycles. The van der Waals surface area contributed by atoms with Gasteiger partial charge in [0, 0.05) is 11.1 Å². The van der Waals surface area contributed by atoms with E-state index in [9.17, 15) is 14.4 Å². The van der Waals surface area contributed by atoms with Gasteiger partial charge >= 0.3 is 5.97 Å². The van der Waals surface area contributed by atoms with E-state index >= 15 is 0 Å². The van der Waals surface area contributed by atoms with Crippen LogP contribution in [-0.2, 0) is 9.53 Å². The Kier molecular flexibility index (Phi) is 6.82. The largest absolute Gasteiger partial charge is 0.495 e. The van der Waals surface area contributed by atoms with E-state index in [4.69, 9.17) is 9.47 Å². The van der Waals surface area contributed by atoms with Crippen LogP contribution in [0.3, 0.4) is 0 Å². The molecule has 0 radical (unpaired) electrons. The molecule has 158 valence electrons. The van der Waals surface area contributed by atoms with Gasteiger partial charge in [-0.1, -0.05) is 54.6 Å². The molecule has 1 amide bonds. The molecule has 0 bridgehead atoms. The fourth-order valence-corrected chi connectivity index (χ4v) is 3.04. The van der Waals surface area contributed by atoms with Crippen LogP contribution in [-0.4, -0.2) is 30.9 Å². The summed E-state index contributed by atoms with van der Waals surface area (Å²) < 4.78 is 10.6. The number of methoxy groups -OCH3 is 1. The number of nitrogens with one attached hydrogen (secondary N) is 1. The number of hydrogen-bond acceptors (Lipinski definition) is 5. The zero-order valence-corrected chi connectivity index (χ0v) is 17.5. The van der Waals surface area contributed by atoms with Gasteiger partial charge in [0.05, 0.1) is 18.4 Å². The van der Waals surface area contributed by atoms with Crippen LogP contribution in [0.1, 0.15) is 38.8 Å². The Balaban J connectivity index is 1.75. The standard InChI is InChI=1S/C25H23NO5/c1-16-13-14-22(30-3)21(15-16)26-24(28)17(2)31-25(29)20-12-8-7-11-19(20)23(27)18-9-5-4-6-10-18/h4-15,17H,1-3H3,(H,26,28). The Labute approximate surface area is 180 Å². The molecule has 6 nitrogen and oxygen atoms in total. The lowest BCUT2D eigenvalue weighted by Gasteiger charge is -2.16. The van der Waals surface area contributed by atoms with Crippen molar-refractivity contribution in [1.82, 2.24) is 0 Å². The quantitative estimate of drug-likeness (QED) is 0.455. The number of amides is 1. The molecule has 0 heterocycles. The Morgan fingerprint density at radius 2 is 1.52 bits per heavy atom. The van der Waals surface area contributed by atoms with Gasteiger partial charge in [-0.05, 0) is 37.6 Å². The molecule has 6 heteroatoms. The first-order valence-electron chi connectivity index (χ1n) is 9.76. The maximum atomic E-state index is 12.8. The SMILES string of the molecule is COc1ccc(C)cc1NC(=O)C(C)OC(=O)c1ccccc1C(=O)c1ccccc1. The molecule has 1 N–H and O–H groups in total. The molecule has 0 fully saturated rings. The second kappa shape index (κ2) is 9.71. The molecular weight excluding hydrogens is 394 g/mol. The molecule has 0 saturated carbocycles. The summed E-state index contributed by atoms with van der Waals surface area (Å²) in [5.41, 5.74) is 2.19. The van der Waals surface area contributed by atoms with E-state index in [2.05, 4.69) is 5.32 Å². The zero-order chi connectivity index (χ0) is 22.4. The van der Waals surface area contributed by atoms with Gasteiger partial charge < -0.3 is 14.8 Å². The van der Waals surface area contributed by atoms with E-state index in [1.165, 1.54) is 20.1 Å². The minimum Gasteiger partial charge on any atom is -0.495 e. The monoisotopic (exact) mass is 417 g/mol. The average Bonchev–Trinajstić information content (AvgIpc) is 2.79. The minimum absolute atomic E-state index is 0.101. The summed E-state index contributed by atoms with van der Waals surface area (Å²) in [6, 6.07) is 20.4. The third-order valence-electron chi connectivity index (χ3n) is 4.69. The molecule has 3 rings (SSSR count). The highest BCUT2D eigenvalue weighted by atomic mass is 16.5. The van der Waals surface area contributed by atoms with Gasteiger partial charge in [-0.25, -0.2) is 4.79 Å². The summed E-state index contributed by atoms with van der Waals surface area (Å²) in [6.07, 6.45) is -1.09. The molecule has 0 aliphatic rings. The summed E-state index contributed by atoms with van der Waals surface area (Å²) >= 11 is 0. The molecule has 0 aromatic heterocycles. The van der Waals surface area contributed by atoms with Gasteiger partial charge in [-0.2, -0.15) is 0 Å². The number of esters is 1. The molecule has 31 heavy (non-hydrogen) atoms. The van der Waals surface area contributed by atoms with Crippen LogP contribution < -0.4 is 10.1 Å². The Morgan fingerprint density at radius 1 is 0.871 bits per heavy atom. The van der Waals surface area contributed by atoms with E-state index in [0.29, 0.717) is 17.0 Å². The Hall–Kier alpha value is -3.93. The molecule has 1 unspecified atom stereocenters. The molecule has 0 spiro atoms. The van der Waals surface area contributed by atoms with Crippen LogP contribution in [0.25, 0.3) is 0 Å². The predicted molar refractivity (Wildman–Crippen MR) is 118 cm³/mol. The second-order valence-corrected chi connectivity index (χ2v) is 6.98. The first-order chi connectivity index (χ1) is 14.9. The summed E-state index contributed by atoms with van der Waals surface area (Å²) in [7, 11) is 1.50. The lowest BCUT2D eigenvalue weighted by atomic mass is 9.98. The highest BCUT2D eigenvalue weighted by molar-refractivity contribution is 6.14. The van der Waals surface area contributed by atoms with Crippen molar-refractivity contribution < 1.29 is 23.9 Å². The van der Waals surface area contributed by atoms with Gasteiger partial charge in [-0.3, -0.25) is 9.59 Å². The number of anilines is 1. The molecular formula is C25H23NO5. The number of carbonyl (C=O) groups is 3. The van der Waals surface area contributed by atoms with Crippen molar-refractivity contribution in [3.63, 3.8) is 0 Å². The number of ether oxygens (including phenoxy) is 2. The summed E-state index contributed by atoms with van der Waals surface area (Å²) in [4.78, 5) is 38.2. The fourth-order valence-electron chi connectivity index (χ4n) is 3.04. The van der Waals surface area contributed by atoms with Crippen LogP contribution in [0.4, 0.5) is 5.69 Å². The molecule has 1 atom stereocenters. The third kappa shape index (κ3) is 5.17. The number of benzene rings is 3. The van der Waals surface area contributed by atoms with E-state index < -0.39 is 18.0 Å². The molecule has 3 aromatic rings. The Morgan fingerprint density at radius 3 is 2.19 bits per heavy atom. The van der Waals surface area contributed by atoms with Crippen molar-refractivity contribution in [2.75, 3.05) is 12.4 Å². The average molecular weight is 417 g/mol. The lowest BCUT2D eigenvalue weighted by molar-refractivity contribution is -0.123. The van der Waals surface area contributed by atoms with E-state index in [0.717, 1.165) is 5.56 Å². The zero-order valence-electron chi connectivity index (χ0n) is 17.5. The van der Waals surface area contributed by atoms with Crippen molar-refractivity contribution in [1.29, 1.82) is 0 Å². The highest BCUT2D eigenvalue weighted by Gasteiger charge is 2.24. The van der Waals surface area contributed by atoms with Gasteiger partial charge in [0.15, 0.2) is 11.9 Å². The van der Waals surface area contributed by atoms with E-state index in [1.807, 2.05) is 13.0 Å². The Bertz CT molecular complexity index is 1110. The lowest BCUT2D eigenvalue weighted by Crippen LogP contribution is -2.30. The van der Waals surface area contributed by atoms with Crippen LogP contribution in [0.15, 0.2) is 72.8 Å². The van der Waals surface area contributed by atoms with Crippen LogP contribution in [0.2, 0.25) is 0 Å². The normalized spacial score (nSPS) is 11.3. The number of rotatable bonds is 7. The summed E-state index contributed by atoms with van der Waals surface area (Å²) in [5.74, 6) is -1.06. The summed E-state index contributed by atoms with van der Waals surface area (Å²) in [6.45, 7) is 3.36. The molecule has 0 saturated heterocycles. The smallest absolute Gasteiger partial charge is 0.339 e. The van der Waals surface area contributed by atoms with Crippen LogP contribution in [0, 0.1) is 6.92 Å². The van der Waals surface area contributed by atoms with Crippen molar-refractivity contribution in [2.45, 2.75) is 20.0 Å². The number of hydrogen-bond donors (Lipinski definition) is 1. The second-order valence-electron chi connectivity index (χ2n) is 6.98. The molecule has 3 aromatic carbocycles. The maximum Gasteiger partial charge on any atom is 0.339 e. The predicted octanol–water partition coefficient (Wildman–Crippen LogP) is 4.42. The van der Waals surface area contributed by atoms with Crippen molar-refractivity contribution in [2.24, 2.45) is 0 Å². The molecule has 0 aliphatic carbocycles. The summed E-state index contributed by atoms with van der Waals surface area (Å²) in [5, 5.41) is 2.71. The van der Waals surface area contributed by atoms with Crippen LogP contribution >= 0.6 is 0 Å². The van der Waals surface area contributed by atoms with Gasteiger partial charge in [0.2, 0.25) is 0 Å². The maximum absolute atomic E-state index is 12.8. The minimum atomic E-state index is -1.09. The first-order valence-corrected chi connectivity index (χ1v) is 9.76. The number of ketones is 1. The van der Waals surface area contributed by atoms with Gasteiger partial charge in [0.25, 0.3) is 5.91 Å². The number of carbonyl (C=O) groups excluding carboxylic acids is 3.